The molecule has 1 saturated heterocycles. The van der Waals surface area contributed by atoms with Crippen molar-refractivity contribution in [2.45, 2.75) is 49.9 Å². The lowest BCUT2D eigenvalue weighted by Crippen LogP contribution is -2.37. The number of piperidine rings is 1. The highest BCUT2D eigenvalue weighted by Gasteiger charge is 2.35. The first-order valence-electron chi connectivity index (χ1n) is 10.4. The van der Waals surface area contributed by atoms with Crippen LogP contribution in [0.2, 0.25) is 0 Å². The summed E-state index contributed by atoms with van der Waals surface area (Å²) in [4.78, 5) is 2.09. The van der Waals surface area contributed by atoms with Crippen LogP contribution in [0.5, 0.6) is 5.75 Å². The van der Waals surface area contributed by atoms with Gasteiger partial charge in [-0.05, 0) is 62.7 Å². The summed E-state index contributed by atoms with van der Waals surface area (Å²) in [5.74, 6) is -0.679. The number of alkyl halides is 3. The molecule has 0 unspecified atom stereocenters. The van der Waals surface area contributed by atoms with E-state index in [-0.39, 0.29) is 28.2 Å². The van der Waals surface area contributed by atoms with Crippen molar-refractivity contribution >= 4 is 21.4 Å². The second-order valence-electron chi connectivity index (χ2n) is 8.25. The van der Waals surface area contributed by atoms with E-state index in [2.05, 4.69) is 19.7 Å². The van der Waals surface area contributed by atoms with Gasteiger partial charge in [0.05, 0.1) is 16.3 Å². The molecule has 1 heterocycles. The fourth-order valence-electron chi connectivity index (χ4n) is 3.69. The van der Waals surface area contributed by atoms with Crippen molar-refractivity contribution in [3.8, 4) is 5.75 Å². The minimum Gasteiger partial charge on any atom is -0.401 e. The Morgan fingerprint density at radius 2 is 1.69 bits per heavy atom. The lowest BCUT2D eigenvalue weighted by molar-refractivity contribution is -0.274. The second-order valence-corrected chi connectivity index (χ2v) is 9.93. The number of likely N-dealkylation sites (tertiary alicyclic amines) is 1. The minimum atomic E-state index is -4.99. The predicted octanol–water partition coefficient (Wildman–Crippen LogP) is 5.02. The van der Waals surface area contributed by atoms with Crippen LogP contribution in [0.25, 0.3) is 0 Å². The van der Waals surface area contributed by atoms with E-state index in [1.165, 1.54) is 30.3 Å². The molecule has 0 radical (unpaired) electrons. The minimum absolute atomic E-state index is 0.0553. The topological polar surface area (TPSA) is 70.7 Å². The Hall–Kier alpha value is -2.46. The second kappa shape index (κ2) is 9.58. The van der Waals surface area contributed by atoms with E-state index in [9.17, 15) is 21.6 Å². The average Bonchev–Trinajstić information content (AvgIpc) is 2.71. The van der Waals surface area contributed by atoms with Gasteiger partial charge in [0.1, 0.15) is 0 Å². The van der Waals surface area contributed by atoms with Crippen LogP contribution in [-0.4, -0.2) is 45.9 Å². The molecule has 2 aromatic carbocycles. The van der Waals surface area contributed by atoms with E-state index in [1.54, 1.807) is 12.1 Å². The number of halogens is 3. The summed E-state index contributed by atoms with van der Waals surface area (Å²) in [7, 11) is -2.12. The number of sulfonamides is 1. The van der Waals surface area contributed by atoms with Crippen molar-refractivity contribution in [3.05, 3.63) is 48.0 Å². The van der Waals surface area contributed by atoms with Crippen LogP contribution < -0.4 is 14.8 Å². The highest BCUT2D eigenvalue weighted by atomic mass is 32.2. The lowest BCUT2D eigenvalue weighted by atomic mass is 9.97. The summed E-state index contributed by atoms with van der Waals surface area (Å²) in [6.45, 7) is 5.34. The number of ether oxygens (including phenoxy) is 1. The average molecular weight is 472 g/mol. The maximum absolute atomic E-state index is 13.4. The van der Waals surface area contributed by atoms with Gasteiger partial charge in [-0.25, -0.2) is 8.42 Å². The van der Waals surface area contributed by atoms with Crippen LogP contribution in [0, 0.1) is 0 Å². The Labute approximate surface area is 186 Å². The van der Waals surface area contributed by atoms with E-state index in [0.29, 0.717) is 5.56 Å². The molecule has 176 valence electrons. The van der Waals surface area contributed by atoms with Crippen molar-refractivity contribution in [2.75, 3.05) is 30.2 Å². The zero-order valence-electron chi connectivity index (χ0n) is 18.2. The first kappa shape index (κ1) is 24.2. The van der Waals surface area contributed by atoms with Gasteiger partial charge in [-0.3, -0.25) is 4.72 Å². The normalized spacial score (nSPS) is 16.2. The largest absolute Gasteiger partial charge is 0.573 e. The highest BCUT2D eigenvalue weighted by molar-refractivity contribution is 7.92. The van der Waals surface area contributed by atoms with Crippen molar-refractivity contribution in [3.63, 3.8) is 0 Å². The molecule has 0 amide bonds. The summed E-state index contributed by atoms with van der Waals surface area (Å²) in [5.41, 5.74) is 0.511. The molecule has 0 saturated carbocycles. The Morgan fingerprint density at radius 1 is 1.06 bits per heavy atom. The Bertz CT molecular complexity index is 1020. The molecule has 2 N–H and O–H groups in total. The molecule has 1 fully saturated rings. The van der Waals surface area contributed by atoms with Crippen LogP contribution >= 0.6 is 0 Å². The third-order valence-corrected chi connectivity index (χ3v) is 6.78. The summed E-state index contributed by atoms with van der Waals surface area (Å²) in [6.07, 6.45) is -3.50. The summed E-state index contributed by atoms with van der Waals surface area (Å²) in [5, 5.41) is 3.22. The number of nitrogens with one attached hydrogen (secondary N) is 2. The van der Waals surface area contributed by atoms with E-state index < -0.39 is 22.1 Å². The van der Waals surface area contributed by atoms with Gasteiger partial charge in [-0.1, -0.05) is 38.1 Å². The monoisotopic (exact) mass is 471 g/mol. The summed E-state index contributed by atoms with van der Waals surface area (Å²) >= 11 is 0. The van der Waals surface area contributed by atoms with Gasteiger partial charge < -0.3 is 15.0 Å². The van der Waals surface area contributed by atoms with Crippen molar-refractivity contribution < 1.29 is 26.3 Å². The predicted molar refractivity (Wildman–Crippen MR) is 119 cm³/mol. The summed E-state index contributed by atoms with van der Waals surface area (Å²) < 4.78 is 72.4. The van der Waals surface area contributed by atoms with Gasteiger partial charge in [0.15, 0.2) is 5.75 Å². The van der Waals surface area contributed by atoms with Crippen molar-refractivity contribution in [1.82, 2.24) is 4.90 Å². The molecule has 0 spiro atoms. The first-order valence-corrected chi connectivity index (χ1v) is 11.9. The van der Waals surface area contributed by atoms with Gasteiger partial charge in [0.25, 0.3) is 10.0 Å². The zero-order valence-corrected chi connectivity index (χ0v) is 19.1. The number of anilines is 2. The molecule has 0 aromatic heterocycles. The van der Waals surface area contributed by atoms with Gasteiger partial charge >= 0.3 is 6.36 Å². The van der Waals surface area contributed by atoms with Gasteiger partial charge in [0, 0.05) is 6.04 Å². The zero-order chi connectivity index (χ0) is 23.5. The van der Waals surface area contributed by atoms with Crippen LogP contribution in [-0.2, 0) is 10.0 Å². The molecule has 3 rings (SSSR count). The van der Waals surface area contributed by atoms with Gasteiger partial charge in [-0.2, -0.15) is 0 Å². The van der Waals surface area contributed by atoms with Crippen LogP contribution in [0.15, 0.2) is 47.4 Å². The Kier molecular flexibility index (Phi) is 7.24. The van der Waals surface area contributed by atoms with Crippen LogP contribution in [0.4, 0.5) is 24.5 Å². The number of hydrogen-bond donors (Lipinski definition) is 2. The molecule has 1 aliphatic rings. The van der Waals surface area contributed by atoms with E-state index in [1.807, 2.05) is 20.9 Å². The molecular formula is C22H28F3N3O3S. The SMILES string of the molecule is CC(C)c1ccc(NS(=O)(=O)c2ccccc2)c(OC(F)(F)F)c1NC1CCN(C)CC1. The molecule has 2 aromatic rings. The van der Waals surface area contributed by atoms with Gasteiger partial charge in [0.2, 0.25) is 0 Å². The molecule has 32 heavy (non-hydrogen) atoms. The molecule has 0 atom stereocenters. The van der Waals surface area contributed by atoms with Crippen molar-refractivity contribution in [2.24, 2.45) is 0 Å². The van der Waals surface area contributed by atoms with Crippen molar-refractivity contribution in [1.29, 1.82) is 0 Å². The van der Waals surface area contributed by atoms with E-state index in [0.717, 1.165) is 25.9 Å². The smallest absolute Gasteiger partial charge is 0.401 e. The third-order valence-electron chi connectivity index (χ3n) is 5.39. The van der Waals surface area contributed by atoms with E-state index in [4.69, 9.17) is 0 Å². The lowest BCUT2D eigenvalue weighted by Gasteiger charge is -2.32. The number of hydrogen-bond acceptors (Lipinski definition) is 5. The molecule has 6 nitrogen and oxygen atoms in total. The molecule has 1 aliphatic heterocycles. The quantitative estimate of drug-likeness (QED) is 0.594. The molecule has 0 bridgehead atoms. The highest BCUT2D eigenvalue weighted by Crippen LogP contribution is 2.43. The standard InChI is InChI=1S/C22H28F3N3O3S/c1-15(2)18-9-10-19(27-32(29,30)17-7-5-4-6-8-17)21(31-22(23,24)25)20(18)26-16-11-13-28(3)14-12-16/h4-10,15-16,26-27H,11-14H2,1-3H3. The maximum Gasteiger partial charge on any atom is 0.573 e. The van der Waals surface area contributed by atoms with E-state index >= 15 is 0 Å². The third kappa shape index (κ3) is 6.07. The first-order chi connectivity index (χ1) is 15.0. The van der Waals surface area contributed by atoms with Gasteiger partial charge in [-0.15, -0.1) is 13.2 Å². The maximum atomic E-state index is 13.4. The Morgan fingerprint density at radius 3 is 2.25 bits per heavy atom. The number of nitrogens with zero attached hydrogens (tertiary/aromatic N) is 1. The fourth-order valence-corrected chi connectivity index (χ4v) is 4.77. The summed E-state index contributed by atoms with van der Waals surface area (Å²) in [6, 6.07) is 10.4. The molecule has 10 heteroatoms. The number of rotatable bonds is 7. The molecular weight excluding hydrogens is 443 g/mol. The fraction of sp³-hybridized carbons (Fsp3) is 0.455. The Balaban J connectivity index is 2.06. The number of benzene rings is 2. The molecule has 0 aliphatic carbocycles. The van der Waals surface area contributed by atoms with Crippen LogP contribution in [0.1, 0.15) is 38.2 Å². The van der Waals surface area contributed by atoms with Crippen LogP contribution in [0.3, 0.4) is 0 Å².